The van der Waals surface area contributed by atoms with Crippen LogP contribution >= 0.6 is 11.6 Å². The summed E-state index contributed by atoms with van der Waals surface area (Å²) in [5.41, 5.74) is 0.394. The molecule has 3 aromatic rings. The van der Waals surface area contributed by atoms with Gasteiger partial charge in [-0.15, -0.1) is 0 Å². The third kappa shape index (κ3) is 4.20. The second-order valence-electron chi connectivity index (χ2n) is 5.74. The number of ether oxygens (including phenoxy) is 2. The van der Waals surface area contributed by atoms with Crippen LogP contribution in [0.2, 0.25) is 5.02 Å². The maximum atomic E-state index is 13.8. The van der Waals surface area contributed by atoms with Gasteiger partial charge in [0, 0.05) is 17.8 Å². The van der Waals surface area contributed by atoms with Gasteiger partial charge < -0.3 is 9.47 Å². The Morgan fingerprint density at radius 1 is 1.18 bits per heavy atom. The van der Waals surface area contributed by atoms with Gasteiger partial charge in [0.1, 0.15) is 27.2 Å². The lowest BCUT2D eigenvalue weighted by molar-refractivity contribution is 0.392. The van der Waals surface area contributed by atoms with Crippen molar-refractivity contribution < 1.29 is 22.3 Å². The second-order valence-corrected chi connectivity index (χ2v) is 7.79. The third-order valence-corrected chi connectivity index (χ3v) is 5.54. The highest BCUT2D eigenvalue weighted by Gasteiger charge is 2.23. The first-order chi connectivity index (χ1) is 13.3. The van der Waals surface area contributed by atoms with Crippen LogP contribution in [0.4, 0.5) is 10.2 Å². The Labute approximate surface area is 166 Å². The van der Waals surface area contributed by atoms with Gasteiger partial charge in [-0.05, 0) is 18.2 Å². The topological polar surface area (TPSA) is 82.4 Å². The molecule has 7 nitrogen and oxygen atoms in total. The van der Waals surface area contributed by atoms with E-state index in [0.29, 0.717) is 11.3 Å². The zero-order valence-electron chi connectivity index (χ0n) is 15.0. The molecule has 0 unspecified atom stereocenters. The molecule has 2 aromatic carbocycles. The zero-order valence-corrected chi connectivity index (χ0v) is 16.6. The maximum absolute atomic E-state index is 13.8. The molecule has 0 spiro atoms. The molecule has 0 radical (unpaired) electrons. The van der Waals surface area contributed by atoms with Crippen molar-refractivity contribution in [3.63, 3.8) is 0 Å². The van der Waals surface area contributed by atoms with E-state index >= 15 is 0 Å². The molecular formula is C18H17ClFN3O4S. The summed E-state index contributed by atoms with van der Waals surface area (Å²) in [5.74, 6) is 0.00724. The summed E-state index contributed by atoms with van der Waals surface area (Å²) < 4.78 is 53.3. The zero-order chi connectivity index (χ0) is 20.3. The summed E-state index contributed by atoms with van der Waals surface area (Å²) in [4.78, 5) is -0.130. The van der Waals surface area contributed by atoms with Gasteiger partial charge in [-0.25, -0.2) is 12.8 Å². The van der Waals surface area contributed by atoms with Gasteiger partial charge in [-0.2, -0.15) is 5.10 Å². The molecule has 10 heteroatoms. The molecule has 0 amide bonds. The summed E-state index contributed by atoms with van der Waals surface area (Å²) in [6, 6.07) is 10.6. The minimum absolute atomic E-state index is 0.0711. The van der Waals surface area contributed by atoms with Crippen LogP contribution in [0.5, 0.6) is 11.5 Å². The molecule has 3 rings (SSSR count). The van der Waals surface area contributed by atoms with Crippen molar-refractivity contribution in [2.75, 3.05) is 18.9 Å². The van der Waals surface area contributed by atoms with E-state index in [4.69, 9.17) is 21.1 Å². The smallest absolute Gasteiger partial charge is 0.266 e. The van der Waals surface area contributed by atoms with Crippen LogP contribution < -0.4 is 14.2 Å². The average molecular weight is 426 g/mol. The van der Waals surface area contributed by atoms with E-state index < -0.39 is 15.8 Å². The molecule has 0 atom stereocenters. The van der Waals surface area contributed by atoms with Crippen molar-refractivity contribution in [1.29, 1.82) is 0 Å². The molecule has 1 N–H and O–H groups in total. The minimum Gasteiger partial charge on any atom is -0.497 e. The highest BCUT2D eigenvalue weighted by atomic mass is 35.5. The van der Waals surface area contributed by atoms with Gasteiger partial charge in [0.05, 0.1) is 20.8 Å². The highest BCUT2D eigenvalue weighted by molar-refractivity contribution is 7.92. The van der Waals surface area contributed by atoms with Gasteiger partial charge >= 0.3 is 0 Å². The van der Waals surface area contributed by atoms with Gasteiger partial charge in [0.25, 0.3) is 10.0 Å². The second kappa shape index (κ2) is 8.07. The van der Waals surface area contributed by atoms with Crippen molar-refractivity contribution in [3.8, 4) is 11.5 Å². The van der Waals surface area contributed by atoms with E-state index in [1.54, 1.807) is 24.3 Å². The largest absolute Gasteiger partial charge is 0.497 e. The number of anilines is 1. The molecule has 0 saturated heterocycles. The van der Waals surface area contributed by atoms with E-state index in [9.17, 15) is 12.8 Å². The molecule has 0 aliphatic heterocycles. The van der Waals surface area contributed by atoms with Crippen molar-refractivity contribution in [1.82, 2.24) is 9.78 Å². The molecule has 28 heavy (non-hydrogen) atoms. The lowest BCUT2D eigenvalue weighted by Crippen LogP contribution is -2.15. The fraction of sp³-hybridized carbons (Fsp3) is 0.167. The molecule has 1 heterocycles. The monoisotopic (exact) mass is 425 g/mol. The number of benzene rings is 2. The molecule has 1 aromatic heterocycles. The number of nitrogens with one attached hydrogen (secondary N) is 1. The van der Waals surface area contributed by atoms with E-state index in [0.717, 1.165) is 0 Å². The number of sulfonamides is 1. The predicted molar refractivity (Wildman–Crippen MR) is 103 cm³/mol. The van der Waals surface area contributed by atoms with Gasteiger partial charge in [-0.1, -0.05) is 29.8 Å². The Morgan fingerprint density at radius 2 is 1.93 bits per heavy atom. The van der Waals surface area contributed by atoms with Crippen LogP contribution in [0, 0.1) is 5.82 Å². The number of nitrogens with zero attached hydrogens (tertiary/aromatic N) is 2. The maximum Gasteiger partial charge on any atom is 0.266 e. The van der Waals surface area contributed by atoms with Gasteiger partial charge in [0.2, 0.25) is 0 Å². The van der Waals surface area contributed by atoms with Crippen molar-refractivity contribution >= 4 is 27.4 Å². The highest BCUT2D eigenvalue weighted by Crippen LogP contribution is 2.31. The number of rotatable bonds is 7. The van der Waals surface area contributed by atoms with Crippen LogP contribution in [-0.2, 0) is 16.6 Å². The van der Waals surface area contributed by atoms with E-state index in [-0.39, 0.29) is 28.0 Å². The van der Waals surface area contributed by atoms with E-state index in [1.165, 1.54) is 43.3 Å². The van der Waals surface area contributed by atoms with Crippen LogP contribution in [0.1, 0.15) is 5.56 Å². The summed E-state index contributed by atoms with van der Waals surface area (Å²) in [7, 11) is -1.29. The summed E-state index contributed by atoms with van der Waals surface area (Å²) in [6.45, 7) is 0.0939. The molecule has 0 bridgehead atoms. The summed E-state index contributed by atoms with van der Waals surface area (Å²) in [5, 5.41) is 4.18. The molecule has 148 valence electrons. The Balaban J connectivity index is 1.89. The van der Waals surface area contributed by atoms with E-state index in [2.05, 4.69) is 9.82 Å². The number of methoxy groups -OCH3 is 2. The van der Waals surface area contributed by atoms with Crippen LogP contribution in [-0.4, -0.2) is 32.4 Å². The summed E-state index contributed by atoms with van der Waals surface area (Å²) >= 11 is 6.12. The molecule has 0 fully saturated rings. The Morgan fingerprint density at radius 3 is 2.61 bits per heavy atom. The molecule has 0 aliphatic carbocycles. The molecule has 0 aliphatic rings. The first kappa shape index (κ1) is 20.0. The molecule has 0 saturated carbocycles. The van der Waals surface area contributed by atoms with E-state index in [1.807, 2.05) is 0 Å². The van der Waals surface area contributed by atoms with Gasteiger partial charge in [-0.3, -0.25) is 9.40 Å². The van der Waals surface area contributed by atoms with Crippen LogP contribution in [0.3, 0.4) is 0 Å². The number of hydrogen-bond acceptors (Lipinski definition) is 5. The Hall–Kier alpha value is -2.78. The normalized spacial score (nSPS) is 11.3. The Kier molecular flexibility index (Phi) is 5.76. The fourth-order valence-electron chi connectivity index (χ4n) is 2.52. The SMILES string of the molecule is COc1ccc(OC)c(S(=O)(=O)Nc2nn(Cc3ccccc3F)cc2Cl)c1. The van der Waals surface area contributed by atoms with Crippen molar-refractivity contribution in [3.05, 3.63) is 65.1 Å². The quantitative estimate of drug-likeness (QED) is 0.626. The van der Waals surface area contributed by atoms with Gasteiger partial charge in [0.15, 0.2) is 5.82 Å². The average Bonchev–Trinajstić information content (AvgIpc) is 3.01. The third-order valence-electron chi connectivity index (χ3n) is 3.90. The summed E-state index contributed by atoms with van der Waals surface area (Å²) in [6.07, 6.45) is 1.41. The number of halogens is 2. The predicted octanol–water partition coefficient (Wildman–Crippen LogP) is 3.54. The molecular weight excluding hydrogens is 409 g/mol. The lowest BCUT2D eigenvalue weighted by Gasteiger charge is -2.12. The van der Waals surface area contributed by atoms with Crippen LogP contribution in [0.15, 0.2) is 53.6 Å². The van der Waals surface area contributed by atoms with Crippen LogP contribution in [0.25, 0.3) is 0 Å². The first-order valence-corrected chi connectivity index (χ1v) is 9.91. The minimum atomic E-state index is -4.07. The number of hydrogen-bond donors (Lipinski definition) is 1. The van der Waals surface area contributed by atoms with Crippen molar-refractivity contribution in [2.45, 2.75) is 11.4 Å². The Bertz CT molecular complexity index is 1100. The first-order valence-electron chi connectivity index (χ1n) is 8.05. The van der Waals surface area contributed by atoms with Crippen molar-refractivity contribution in [2.24, 2.45) is 0 Å². The standard InChI is InChI=1S/C18H17ClFN3O4S/c1-26-13-7-8-16(27-2)17(9-13)28(24,25)22-18-14(19)11-23(21-18)10-12-5-3-4-6-15(12)20/h3-9,11H,10H2,1-2H3,(H,21,22). The number of aromatic nitrogens is 2. The lowest BCUT2D eigenvalue weighted by atomic mass is 10.2. The fourth-order valence-corrected chi connectivity index (χ4v) is 3.98.